The number of rotatable bonds is 6. The molecule has 0 saturated heterocycles. The van der Waals surface area contributed by atoms with Crippen LogP contribution in [0.25, 0.3) is 0 Å². The molecular weight excluding hydrogens is 455 g/mol. The van der Waals surface area contributed by atoms with Gasteiger partial charge in [0, 0.05) is 15.3 Å². The van der Waals surface area contributed by atoms with Gasteiger partial charge in [0.25, 0.3) is 5.91 Å². The van der Waals surface area contributed by atoms with Crippen molar-refractivity contribution >= 4 is 39.9 Å². The van der Waals surface area contributed by atoms with Crippen molar-refractivity contribution in [2.24, 2.45) is 0 Å². The van der Waals surface area contributed by atoms with Crippen LogP contribution < -0.4 is 19.5 Å². The number of hydrogen-bond acceptors (Lipinski definition) is 6. The molecule has 2 rings (SSSR count). The molecule has 0 spiro atoms. The van der Waals surface area contributed by atoms with Crippen LogP contribution in [0.4, 0.5) is 11.4 Å². The number of carbonyl (C=O) groups is 1. The Morgan fingerprint density at radius 1 is 1.12 bits per heavy atom. The van der Waals surface area contributed by atoms with E-state index in [9.17, 15) is 14.9 Å². The van der Waals surface area contributed by atoms with Gasteiger partial charge in [0.15, 0.2) is 5.75 Å². The third kappa shape index (κ3) is 3.82. The average molecular weight is 472 g/mol. The summed E-state index contributed by atoms with van der Waals surface area (Å²) >= 11 is 2.16. The number of aryl methyl sites for hydroxylation is 1. The van der Waals surface area contributed by atoms with Crippen LogP contribution in [0.1, 0.15) is 15.9 Å². The number of amides is 1. The van der Waals surface area contributed by atoms with Crippen LogP contribution in [0.3, 0.4) is 0 Å². The highest BCUT2D eigenvalue weighted by Gasteiger charge is 2.32. The monoisotopic (exact) mass is 472 g/mol. The Kier molecular flexibility index (Phi) is 6.24. The molecule has 8 nitrogen and oxygen atoms in total. The number of nitrogens with one attached hydrogen (secondary N) is 1. The van der Waals surface area contributed by atoms with Crippen molar-refractivity contribution in [3.63, 3.8) is 0 Å². The first-order chi connectivity index (χ1) is 12.3. The molecule has 0 unspecified atom stereocenters. The van der Waals surface area contributed by atoms with Crippen molar-refractivity contribution in [2.75, 3.05) is 26.6 Å². The van der Waals surface area contributed by atoms with E-state index in [4.69, 9.17) is 14.2 Å². The fourth-order valence-electron chi connectivity index (χ4n) is 2.45. The van der Waals surface area contributed by atoms with E-state index in [1.165, 1.54) is 27.4 Å². The van der Waals surface area contributed by atoms with Crippen molar-refractivity contribution in [2.45, 2.75) is 6.92 Å². The van der Waals surface area contributed by atoms with E-state index in [-0.39, 0.29) is 22.8 Å². The summed E-state index contributed by atoms with van der Waals surface area (Å²) < 4.78 is 16.5. The van der Waals surface area contributed by atoms with E-state index in [0.29, 0.717) is 5.69 Å². The molecule has 0 fully saturated rings. The molecule has 0 heterocycles. The van der Waals surface area contributed by atoms with Crippen LogP contribution in [-0.2, 0) is 0 Å². The van der Waals surface area contributed by atoms with Crippen LogP contribution in [0.15, 0.2) is 24.3 Å². The molecule has 0 radical (unpaired) electrons. The van der Waals surface area contributed by atoms with Crippen LogP contribution in [0.2, 0.25) is 0 Å². The Balaban J connectivity index is 2.59. The second-order valence-electron chi connectivity index (χ2n) is 5.21. The number of anilines is 1. The molecule has 138 valence electrons. The molecule has 0 atom stereocenters. The molecule has 0 saturated carbocycles. The number of halogens is 1. The normalized spacial score (nSPS) is 10.2. The second-order valence-corrected chi connectivity index (χ2v) is 6.46. The standard InChI is InChI=1S/C17H17IN2O6/c1-9-7-10(18)5-6-12(9)19-17(21)11-8-13(24-2)15(25-3)16(26-4)14(11)20(22)23/h5-8H,1-4H3,(H,19,21). The lowest BCUT2D eigenvalue weighted by molar-refractivity contribution is -0.386. The van der Waals surface area contributed by atoms with Crippen LogP contribution in [0, 0.1) is 20.6 Å². The van der Waals surface area contributed by atoms with Crippen molar-refractivity contribution < 1.29 is 23.9 Å². The van der Waals surface area contributed by atoms with Gasteiger partial charge in [0.1, 0.15) is 5.56 Å². The van der Waals surface area contributed by atoms with Gasteiger partial charge in [0.05, 0.1) is 26.3 Å². The van der Waals surface area contributed by atoms with Crippen molar-refractivity contribution in [3.05, 3.63) is 49.1 Å². The molecule has 2 aromatic carbocycles. The number of ether oxygens (including phenoxy) is 3. The van der Waals surface area contributed by atoms with E-state index in [1.807, 2.05) is 19.1 Å². The molecule has 2 aromatic rings. The number of nitro groups is 1. The molecule has 0 bridgehead atoms. The van der Waals surface area contributed by atoms with E-state index in [0.717, 1.165) is 9.13 Å². The Morgan fingerprint density at radius 3 is 2.27 bits per heavy atom. The fraction of sp³-hybridized carbons (Fsp3) is 0.235. The summed E-state index contributed by atoms with van der Waals surface area (Å²) in [6.07, 6.45) is 0. The number of hydrogen-bond donors (Lipinski definition) is 1. The summed E-state index contributed by atoms with van der Waals surface area (Å²) in [5.74, 6) is -0.635. The Labute approximate surface area is 163 Å². The van der Waals surface area contributed by atoms with Crippen LogP contribution in [0.5, 0.6) is 17.2 Å². The average Bonchev–Trinajstić information content (AvgIpc) is 2.61. The number of carbonyl (C=O) groups excluding carboxylic acids is 1. The van der Waals surface area contributed by atoms with Gasteiger partial charge >= 0.3 is 5.69 Å². The molecule has 0 aliphatic heterocycles. The number of nitrogens with zero attached hydrogens (tertiary/aromatic N) is 1. The minimum absolute atomic E-state index is 0.0451. The first-order valence-electron chi connectivity index (χ1n) is 7.38. The summed E-state index contributed by atoms with van der Waals surface area (Å²) in [4.78, 5) is 23.6. The lowest BCUT2D eigenvalue weighted by Crippen LogP contribution is -2.16. The van der Waals surface area contributed by atoms with Gasteiger partial charge in [0.2, 0.25) is 11.5 Å². The molecule has 0 aliphatic carbocycles. The third-order valence-corrected chi connectivity index (χ3v) is 4.34. The van der Waals surface area contributed by atoms with E-state index in [2.05, 4.69) is 27.9 Å². The maximum absolute atomic E-state index is 12.7. The summed E-state index contributed by atoms with van der Waals surface area (Å²) in [5.41, 5.74) is 0.701. The van der Waals surface area contributed by atoms with Gasteiger partial charge in [-0.1, -0.05) is 0 Å². The summed E-state index contributed by atoms with van der Waals surface area (Å²) in [7, 11) is 3.96. The molecule has 26 heavy (non-hydrogen) atoms. The highest BCUT2D eigenvalue weighted by Crippen LogP contribution is 2.46. The molecule has 1 N–H and O–H groups in total. The first-order valence-corrected chi connectivity index (χ1v) is 8.46. The topological polar surface area (TPSA) is 99.9 Å². The van der Waals surface area contributed by atoms with Gasteiger partial charge in [-0.25, -0.2) is 0 Å². The van der Waals surface area contributed by atoms with E-state index >= 15 is 0 Å². The Morgan fingerprint density at radius 2 is 1.77 bits per heavy atom. The smallest absolute Gasteiger partial charge is 0.327 e. The maximum Gasteiger partial charge on any atom is 0.327 e. The zero-order chi connectivity index (χ0) is 19.4. The van der Waals surface area contributed by atoms with Crippen molar-refractivity contribution in [3.8, 4) is 17.2 Å². The molecule has 9 heteroatoms. The number of methoxy groups -OCH3 is 3. The number of benzene rings is 2. The van der Waals surface area contributed by atoms with Gasteiger partial charge in [-0.05, 0) is 53.3 Å². The quantitative estimate of drug-likeness (QED) is 0.390. The Hall–Kier alpha value is -2.56. The third-order valence-electron chi connectivity index (χ3n) is 3.67. The Bertz CT molecular complexity index is 869. The van der Waals surface area contributed by atoms with E-state index < -0.39 is 16.5 Å². The van der Waals surface area contributed by atoms with Gasteiger partial charge in [-0.3, -0.25) is 14.9 Å². The summed E-state index contributed by atoms with van der Waals surface area (Å²) in [6.45, 7) is 1.83. The lowest BCUT2D eigenvalue weighted by Gasteiger charge is -2.15. The van der Waals surface area contributed by atoms with Gasteiger partial charge in [-0.2, -0.15) is 0 Å². The minimum atomic E-state index is -0.684. The second kappa shape index (κ2) is 8.21. The lowest BCUT2D eigenvalue weighted by atomic mass is 10.1. The predicted molar refractivity (Wildman–Crippen MR) is 105 cm³/mol. The number of nitro benzene ring substituents is 1. The largest absolute Gasteiger partial charge is 0.493 e. The molecule has 0 aromatic heterocycles. The van der Waals surface area contributed by atoms with Crippen molar-refractivity contribution in [1.29, 1.82) is 0 Å². The zero-order valence-corrected chi connectivity index (χ0v) is 16.7. The molecule has 1 amide bonds. The molecule has 0 aliphatic rings. The van der Waals surface area contributed by atoms with Crippen molar-refractivity contribution in [1.82, 2.24) is 0 Å². The predicted octanol–water partition coefficient (Wildman–Crippen LogP) is 3.79. The summed E-state index contributed by atoms with van der Waals surface area (Å²) in [5, 5.41) is 14.3. The van der Waals surface area contributed by atoms with Crippen LogP contribution >= 0.6 is 22.6 Å². The van der Waals surface area contributed by atoms with Gasteiger partial charge < -0.3 is 19.5 Å². The first kappa shape index (κ1) is 19.8. The maximum atomic E-state index is 12.7. The zero-order valence-electron chi connectivity index (χ0n) is 14.6. The van der Waals surface area contributed by atoms with Gasteiger partial charge in [-0.15, -0.1) is 0 Å². The highest BCUT2D eigenvalue weighted by atomic mass is 127. The van der Waals surface area contributed by atoms with Crippen LogP contribution in [-0.4, -0.2) is 32.2 Å². The summed E-state index contributed by atoms with van der Waals surface area (Å²) in [6, 6.07) is 6.71. The fourth-order valence-corrected chi connectivity index (χ4v) is 3.10. The van der Waals surface area contributed by atoms with E-state index in [1.54, 1.807) is 6.07 Å². The highest BCUT2D eigenvalue weighted by molar-refractivity contribution is 14.1. The minimum Gasteiger partial charge on any atom is -0.493 e. The molecular formula is C17H17IN2O6. The SMILES string of the molecule is COc1cc(C(=O)Nc2ccc(I)cc2C)c([N+](=O)[O-])c(OC)c1OC.